The SMILES string of the molecule is CCOC(=O)c1c(-c2ccc(Cl)c(Cl)c2)n(CC)c(C)c(F)c1=O. The predicted octanol–water partition coefficient (Wildman–Crippen LogP) is 4.47. The largest absolute Gasteiger partial charge is 0.462 e. The molecule has 7 heteroatoms. The Morgan fingerprint density at radius 1 is 1.25 bits per heavy atom. The Bertz CT molecular complexity index is 862. The van der Waals surface area contributed by atoms with Crippen molar-refractivity contribution in [3.63, 3.8) is 0 Å². The van der Waals surface area contributed by atoms with E-state index in [2.05, 4.69) is 0 Å². The molecule has 0 fully saturated rings. The fourth-order valence-corrected chi connectivity index (χ4v) is 2.83. The molecule has 0 radical (unpaired) electrons. The van der Waals surface area contributed by atoms with Gasteiger partial charge in [0, 0.05) is 12.1 Å². The minimum absolute atomic E-state index is 0.0701. The van der Waals surface area contributed by atoms with Crippen molar-refractivity contribution < 1.29 is 13.9 Å². The first-order valence-corrected chi connectivity index (χ1v) is 8.14. The smallest absolute Gasteiger partial charge is 0.344 e. The molecule has 0 aliphatic heterocycles. The quantitative estimate of drug-likeness (QED) is 0.745. The van der Waals surface area contributed by atoms with Crippen molar-refractivity contribution in [1.29, 1.82) is 0 Å². The number of rotatable bonds is 4. The van der Waals surface area contributed by atoms with Crippen LogP contribution in [0.5, 0.6) is 0 Å². The maximum atomic E-state index is 14.3. The highest BCUT2D eigenvalue weighted by atomic mass is 35.5. The summed E-state index contributed by atoms with van der Waals surface area (Å²) in [6.07, 6.45) is 0. The van der Waals surface area contributed by atoms with Gasteiger partial charge in [0.05, 0.1) is 28.0 Å². The summed E-state index contributed by atoms with van der Waals surface area (Å²) in [5.41, 5.74) is -0.457. The van der Waals surface area contributed by atoms with Crippen LogP contribution < -0.4 is 5.43 Å². The molecule has 4 nitrogen and oxygen atoms in total. The van der Waals surface area contributed by atoms with E-state index < -0.39 is 17.2 Å². The first-order chi connectivity index (χ1) is 11.3. The summed E-state index contributed by atoms with van der Waals surface area (Å²) >= 11 is 12.0. The lowest BCUT2D eigenvalue weighted by Crippen LogP contribution is -2.27. The third-order valence-electron chi connectivity index (χ3n) is 3.64. The summed E-state index contributed by atoms with van der Waals surface area (Å²) in [6.45, 7) is 5.30. The molecule has 0 saturated carbocycles. The van der Waals surface area contributed by atoms with Crippen LogP contribution in [0.25, 0.3) is 11.3 Å². The van der Waals surface area contributed by atoms with Gasteiger partial charge in [-0.1, -0.05) is 29.3 Å². The summed E-state index contributed by atoms with van der Waals surface area (Å²) in [5, 5.41) is 0.600. The molecular formula is C17H16Cl2FNO3. The summed E-state index contributed by atoms with van der Waals surface area (Å²) in [5.74, 6) is -1.84. The van der Waals surface area contributed by atoms with E-state index in [-0.39, 0.29) is 28.6 Å². The van der Waals surface area contributed by atoms with Crippen molar-refractivity contribution in [3.8, 4) is 11.3 Å². The highest BCUT2D eigenvalue weighted by molar-refractivity contribution is 6.42. The highest BCUT2D eigenvalue weighted by Crippen LogP contribution is 2.31. The van der Waals surface area contributed by atoms with Crippen LogP contribution in [0.2, 0.25) is 10.0 Å². The van der Waals surface area contributed by atoms with Crippen molar-refractivity contribution >= 4 is 29.2 Å². The van der Waals surface area contributed by atoms with Crippen molar-refractivity contribution in [3.05, 3.63) is 55.5 Å². The van der Waals surface area contributed by atoms with Gasteiger partial charge >= 0.3 is 5.97 Å². The third kappa shape index (κ3) is 3.19. The Hall–Kier alpha value is -1.85. The summed E-state index contributed by atoms with van der Waals surface area (Å²) in [4.78, 5) is 24.7. The Balaban J connectivity index is 2.92. The molecule has 0 unspecified atom stereocenters. The Morgan fingerprint density at radius 3 is 2.46 bits per heavy atom. The van der Waals surface area contributed by atoms with E-state index in [1.165, 1.54) is 13.0 Å². The number of pyridine rings is 1. The molecule has 24 heavy (non-hydrogen) atoms. The zero-order valence-electron chi connectivity index (χ0n) is 13.5. The maximum absolute atomic E-state index is 14.3. The van der Waals surface area contributed by atoms with Crippen molar-refractivity contribution in [1.82, 2.24) is 4.57 Å². The van der Waals surface area contributed by atoms with Crippen LogP contribution in [-0.4, -0.2) is 17.1 Å². The number of carbonyl (C=O) groups is 1. The van der Waals surface area contributed by atoms with E-state index in [9.17, 15) is 14.0 Å². The highest BCUT2D eigenvalue weighted by Gasteiger charge is 2.26. The van der Waals surface area contributed by atoms with Gasteiger partial charge in [-0.25, -0.2) is 9.18 Å². The van der Waals surface area contributed by atoms with Crippen LogP contribution in [0.15, 0.2) is 23.0 Å². The number of esters is 1. The standard InChI is InChI=1S/C17H16Cl2FNO3/c1-4-21-9(3)14(20)16(22)13(17(23)24-5-2)15(21)10-6-7-11(18)12(19)8-10/h6-8H,4-5H2,1-3H3. The topological polar surface area (TPSA) is 48.3 Å². The molecule has 0 aliphatic carbocycles. The molecule has 0 amide bonds. The molecule has 0 spiro atoms. The lowest BCUT2D eigenvalue weighted by atomic mass is 10.0. The monoisotopic (exact) mass is 371 g/mol. The van der Waals surface area contributed by atoms with Crippen molar-refractivity contribution in [2.24, 2.45) is 0 Å². The first kappa shape index (κ1) is 18.5. The van der Waals surface area contributed by atoms with Crippen LogP contribution in [-0.2, 0) is 11.3 Å². The van der Waals surface area contributed by atoms with Crippen LogP contribution >= 0.6 is 23.2 Å². The summed E-state index contributed by atoms with van der Waals surface area (Å²) in [6, 6.07) is 4.71. The molecule has 0 saturated heterocycles. The van der Waals surface area contributed by atoms with Crippen molar-refractivity contribution in [2.45, 2.75) is 27.3 Å². The second-order valence-corrected chi connectivity index (χ2v) is 5.86. The zero-order chi connectivity index (χ0) is 18.0. The predicted molar refractivity (Wildman–Crippen MR) is 92.5 cm³/mol. The van der Waals surface area contributed by atoms with Crippen LogP contribution in [0.3, 0.4) is 0 Å². The van der Waals surface area contributed by atoms with Gasteiger partial charge in [0.15, 0.2) is 5.82 Å². The number of halogens is 3. The molecule has 1 heterocycles. The molecular weight excluding hydrogens is 356 g/mol. The van der Waals surface area contributed by atoms with E-state index >= 15 is 0 Å². The van der Waals surface area contributed by atoms with Gasteiger partial charge in [0.2, 0.25) is 5.43 Å². The molecule has 0 bridgehead atoms. The Morgan fingerprint density at radius 2 is 1.92 bits per heavy atom. The number of ether oxygens (including phenoxy) is 1. The van der Waals surface area contributed by atoms with Gasteiger partial charge in [-0.15, -0.1) is 0 Å². The molecule has 0 atom stereocenters. The molecule has 128 valence electrons. The molecule has 0 aliphatic rings. The summed E-state index contributed by atoms with van der Waals surface area (Å²) < 4.78 is 20.8. The van der Waals surface area contributed by atoms with Gasteiger partial charge in [-0.05, 0) is 32.9 Å². The fourth-order valence-electron chi connectivity index (χ4n) is 2.53. The fraction of sp³-hybridized carbons (Fsp3) is 0.294. The lowest BCUT2D eigenvalue weighted by Gasteiger charge is -2.19. The average Bonchev–Trinajstić information content (AvgIpc) is 2.55. The third-order valence-corrected chi connectivity index (χ3v) is 4.38. The normalized spacial score (nSPS) is 10.8. The van der Waals surface area contributed by atoms with Gasteiger partial charge in [-0.3, -0.25) is 4.79 Å². The number of aromatic nitrogens is 1. The first-order valence-electron chi connectivity index (χ1n) is 7.38. The van der Waals surface area contributed by atoms with Crippen LogP contribution in [0, 0.1) is 12.7 Å². The minimum Gasteiger partial charge on any atom is -0.462 e. The average molecular weight is 372 g/mol. The number of carbonyl (C=O) groups excluding carboxylic acids is 1. The molecule has 2 rings (SSSR count). The minimum atomic E-state index is -0.989. The van der Waals surface area contributed by atoms with E-state index in [4.69, 9.17) is 27.9 Å². The number of hydrogen-bond donors (Lipinski definition) is 0. The number of benzene rings is 1. The Kier molecular flexibility index (Phi) is 5.67. The van der Waals surface area contributed by atoms with E-state index in [1.54, 1.807) is 30.5 Å². The van der Waals surface area contributed by atoms with E-state index in [0.29, 0.717) is 17.1 Å². The second kappa shape index (κ2) is 7.36. The van der Waals surface area contributed by atoms with Gasteiger partial charge in [0.1, 0.15) is 5.56 Å². The van der Waals surface area contributed by atoms with E-state index in [0.717, 1.165) is 0 Å². The molecule has 1 aromatic heterocycles. The lowest BCUT2D eigenvalue weighted by molar-refractivity contribution is 0.0524. The molecule has 1 aromatic carbocycles. The number of hydrogen-bond acceptors (Lipinski definition) is 3. The van der Waals surface area contributed by atoms with Gasteiger partial charge < -0.3 is 9.30 Å². The van der Waals surface area contributed by atoms with E-state index in [1.807, 2.05) is 0 Å². The molecule has 0 N–H and O–H groups in total. The molecule has 2 aromatic rings. The van der Waals surface area contributed by atoms with Gasteiger partial charge in [-0.2, -0.15) is 0 Å². The summed E-state index contributed by atoms with van der Waals surface area (Å²) in [7, 11) is 0. The second-order valence-electron chi connectivity index (χ2n) is 5.05. The zero-order valence-corrected chi connectivity index (χ0v) is 15.0. The van der Waals surface area contributed by atoms with Crippen LogP contribution in [0.1, 0.15) is 29.9 Å². The Labute approximate surface area is 148 Å². The maximum Gasteiger partial charge on any atom is 0.344 e. The van der Waals surface area contributed by atoms with Crippen LogP contribution in [0.4, 0.5) is 4.39 Å². The van der Waals surface area contributed by atoms with Gasteiger partial charge in [0.25, 0.3) is 0 Å². The number of nitrogens with zero attached hydrogens (tertiary/aromatic N) is 1. The van der Waals surface area contributed by atoms with Crippen molar-refractivity contribution in [2.75, 3.05) is 6.61 Å².